The fourth-order valence-corrected chi connectivity index (χ4v) is 3.27. The maximum absolute atomic E-state index is 14.7. The van der Waals surface area contributed by atoms with Crippen LogP contribution in [0.5, 0.6) is 5.75 Å². The van der Waals surface area contributed by atoms with Crippen molar-refractivity contribution in [1.29, 1.82) is 0 Å². The van der Waals surface area contributed by atoms with Crippen LogP contribution in [0.4, 0.5) is 13.2 Å². The van der Waals surface area contributed by atoms with E-state index in [9.17, 15) is 13.2 Å². The van der Waals surface area contributed by atoms with Crippen molar-refractivity contribution in [3.8, 4) is 16.9 Å². The molecule has 0 spiro atoms. The maximum Gasteiger partial charge on any atom is 0.167 e. The van der Waals surface area contributed by atoms with E-state index in [4.69, 9.17) is 14.2 Å². The van der Waals surface area contributed by atoms with E-state index in [0.29, 0.717) is 25.2 Å². The molecule has 2 aromatic carbocycles. The largest absolute Gasteiger partial charge is 0.494 e. The van der Waals surface area contributed by atoms with Crippen LogP contribution in [0.15, 0.2) is 30.3 Å². The van der Waals surface area contributed by atoms with Crippen molar-refractivity contribution in [2.45, 2.75) is 38.4 Å². The van der Waals surface area contributed by atoms with Crippen LogP contribution in [-0.4, -0.2) is 26.6 Å². The van der Waals surface area contributed by atoms with Crippen LogP contribution in [0, 0.1) is 17.5 Å². The van der Waals surface area contributed by atoms with Gasteiger partial charge in [-0.25, -0.2) is 13.2 Å². The number of hydrogen-bond acceptors (Lipinski definition) is 3. The molecule has 2 aromatic rings. The summed E-state index contributed by atoms with van der Waals surface area (Å²) in [7, 11) is 1.55. The van der Waals surface area contributed by atoms with Gasteiger partial charge in [0.15, 0.2) is 17.9 Å². The van der Waals surface area contributed by atoms with Gasteiger partial charge in [-0.2, -0.15) is 0 Å². The summed E-state index contributed by atoms with van der Waals surface area (Å²) in [6.45, 7) is 2.66. The zero-order chi connectivity index (χ0) is 19.4. The molecule has 0 saturated carbocycles. The first kappa shape index (κ1) is 19.7. The van der Waals surface area contributed by atoms with E-state index in [-0.39, 0.29) is 35.5 Å². The summed E-state index contributed by atoms with van der Waals surface area (Å²) in [4.78, 5) is 0. The van der Waals surface area contributed by atoms with Gasteiger partial charge < -0.3 is 14.2 Å². The van der Waals surface area contributed by atoms with Gasteiger partial charge in [-0.05, 0) is 37.0 Å². The predicted octanol–water partition coefficient (Wildman–Crippen LogP) is 5.43. The molecule has 3 nitrogen and oxygen atoms in total. The standard InChI is InChI=1S/C21H23F3O3/c1-3-10-26-14-5-6-16(18(22)11-14)17-8-7-15(20(23)21(17)24)13-4-9-19(25-2)27-12-13/h5-8,11,13,19H,3-4,9-10,12H2,1-2H3. The second-order valence-corrected chi connectivity index (χ2v) is 6.59. The Balaban J connectivity index is 1.85. The Kier molecular flexibility index (Phi) is 6.39. The van der Waals surface area contributed by atoms with E-state index in [1.165, 1.54) is 24.3 Å². The molecule has 0 bridgehead atoms. The molecule has 1 saturated heterocycles. The van der Waals surface area contributed by atoms with Gasteiger partial charge in [0.2, 0.25) is 0 Å². The highest BCUT2D eigenvalue weighted by molar-refractivity contribution is 5.66. The average molecular weight is 380 g/mol. The number of methoxy groups -OCH3 is 1. The molecular weight excluding hydrogens is 357 g/mol. The lowest BCUT2D eigenvalue weighted by Gasteiger charge is -2.28. The minimum Gasteiger partial charge on any atom is -0.494 e. The maximum atomic E-state index is 14.7. The molecule has 0 amide bonds. The Morgan fingerprint density at radius 1 is 1.04 bits per heavy atom. The summed E-state index contributed by atoms with van der Waals surface area (Å²) < 4.78 is 59.7. The molecule has 0 aliphatic carbocycles. The summed E-state index contributed by atoms with van der Waals surface area (Å²) in [6, 6.07) is 7.08. The highest BCUT2D eigenvalue weighted by atomic mass is 19.2. The molecule has 1 heterocycles. The van der Waals surface area contributed by atoms with Crippen molar-refractivity contribution >= 4 is 0 Å². The van der Waals surface area contributed by atoms with Crippen LogP contribution in [0.25, 0.3) is 11.1 Å². The highest BCUT2D eigenvalue weighted by Gasteiger charge is 2.27. The zero-order valence-corrected chi connectivity index (χ0v) is 15.4. The van der Waals surface area contributed by atoms with Gasteiger partial charge in [0, 0.05) is 30.2 Å². The Bertz CT molecular complexity index is 786. The SMILES string of the molecule is CCCOc1ccc(-c2ccc(C3CCC(OC)OC3)c(F)c2F)c(F)c1. The molecule has 0 aromatic heterocycles. The number of ether oxygens (including phenoxy) is 3. The molecule has 0 radical (unpaired) electrons. The van der Waals surface area contributed by atoms with E-state index in [0.717, 1.165) is 6.42 Å². The van der Waals surface area contributed by atoms with Crippen molar-refractivity contribution in [2.24, 2.45) is 0 Å². The molecular formula is C21H23F3O3. The fraction of sp³-hybridized carbons (Fsp3) is 0.429. The lowest BCUT2D eigenvalue weighted by Crippen LogP contribution is -2.26. The van der Waals surface area contributed by atoms with E-state index in [2.05, 4.69) is 0 Å². The van der Waals surface area contributed by atoms with Crippen LogP contribution in [0.3, 0.4) is 0 Å². The molecule has 1 aliphatic rings. The molecule has 146 valence electrons. The minimum absolute atomic E-state index is 0.00106. The van der Waals surface area contributed by atoms with E-state index >= 15 is 0 Å². The summed E-state index contributed by atoms with van der Waals surface area (Å²) >= 11 is 0. The van der Waals surface area contributed by atoms with Crippen molar-refractivity contribution in [1.82, 2.24) is 0 Å². The summed E-state index contributed by atoms with van der Waals surface area (Å²) in [5.41, 5.74) is 0.137. The first-order valence-electron chi connectivity index (χ1n) is 9.10. The predicted molar refractivity (Wildman–Crippen MR) is 96.3 cm³/mol. The monoisotopic (exact) mass is 380 g/mol. The Labute approximate surface area is 157 Å². The molecule has 2 atom stereocenters. The van der Waals surface area contributed by atoms with Crippen LogP contribution in [0.1, 0.15) is 37.7 Å². The smallest absolute Gasteiger partial charge is 0.167 e. The van der Waals surface area contributed by atoms with Crippen molar-refractivity contribution < 1.29 is 27.4 Å². The lowest BCUT2D eigenvalue weighted by atomic mass is 9.90. The fourth-order valence-electron chi connectivity index (χ4n) is 3.27. The summed E-state index contributed by atoms with van der Waals surface area (Å²) in [6.07, 6.45) is 1.72. The third-order valence-electron chi connectivity index (χ3n) is 4.75. The lowest BCUT2D eigenvalue weighted by molar-refractivity contribution is -0.151. The minimum atomic E-state index is -1.05. The topological polar surface area (TPSA) is 27.7 Å². The highest BCUT2D eigenvalue weighted by Crippen LogP contribution is 2.35. The Hall–Kier alpha value is -2.05. The first-order chi connectivity index (χ1) is 13.0. The number of rotatable bonds is 6. The van der Waals surface area contributed by atoms with Gasteiger partial charge in [0.1, 0.15) is 11.6 Å². The second kappa shape index (κ2) is 8.76. The second-order valence-electron chi connectivity index (χ2n) is 6.59. The number of halogens is 3. The molecule has 0 N–H and O–H groups in total. The molecule has 2 unspecified atom stereocenters. The quantitative estimate of drug-likeness (QED) is 0.669. The average Bonchev–Trinajstić information content (AvgIpc) is 2.69. The van der Waals surface area contributed by atoms with Crippen molar-refractivity contribution in [3.63, 3.8) is 0 Å². The Morgan fingerprint density at radius 3 is 2.44 bits per heavy atom. The van der Waals surface area contributed by atoms with E-state index in [1.54, 1.807) is 13.2 Å². The van der Waals surface area contributed by atoms with Crippen LogP contribution in [-0.2, 0) is 9.47 Å². The number of benzene rings is 2. The number of hydrogen-bond donors (Lipinski definition) is 0. The van der Waals surface area contributed by atoms with E-state index < -0.39 is 17.5 Å². The van der Waals surface area contributed by atoms with Crippen molar-refractivity contribution in [3.05, 3.63) is 53.3 Å². The van der Waals surface area contributed by atoms with Gasteiger partial charge in [-0.1, -0.05) is 19.1 Å². The molecule has 3 rings (SSSR count). The van der Waals surface area contributed by atoms with Gasteiger partial charge in [0.25, 0.3) is 0 Å². The van der Waals surface area contributed by atoms with Gasteiger partial charge in [-0.3, -0.25) is 0 Å². The van der Waals surface area contributed by atoms with Gasteiger partial charge >= 0.3 is 0 Å². The summed E-state index contributed by atoms with van der Waals surface area (Å²) in [5.74, 6) is -2.55. The van der Waals surface area contributed by atoms with Crippen molar-refractivity contribution in [2.75, 3.05) is 20.3 Å². The van der Waals surface area contributed by atoms with Gasteiger partial charge in [0.05, 0.1) is 13.2 Å². The molecule has 27 heavy (non-hydrogen) atoms. The molecule has 1 fully saturated rings. The third-order valence-corrected chi connectivity index (χ3v) is 4.75. The van der Waals surface area contributed by atoms with Crippen LogP contribution < -0.4 is 4.74 Å². The molecule has 6 heteroatoms. The van der Waals surface area contributed by atoms with E-state index in [1.807, 2.05) is 6.92 Å². The Morgan fingerprint density at radius 2 is 1.81 bits per heavy atom. The van der Waals surface area contributed by atoms with Crippen LogP contribution >= 0.6 is 0 Å². The summed E-state index contributed by atoms with van der Waals surface area (Å²) in [5, 5.41) is 0. The zero-order valence-electron chi connectivity index (χ0n) is 15.4. The third kappa shape index (κ3) is 4.28. The van der Waals surface area contributed by atoms with Gasteiger partial charge in [-0.15, -0.1) is 0 Å². The van der Waals surface area contributed by atoms with Crippen LogP contribution in [0.2, 0.25) is 0 Å². The molecule has 1 aliphatic heterocycles. The normalized spacial score (nSPS) is 19.9. The first-order valence-corrected chi connectivity index (χ1v) is 9.10.